The summed E-state index contributed by atoms with van der Waals surface area (Å²) in [7, 11) is 1.63. The third-order valence-corrected chi connectivity index (χ3v) is 4.19. The Bertz CT molecular complexity index is 797. The van der Waals surface area contributed by atoms with Crippen molar-refractivity contribution in [3.8, 4) is 0 Å². The summed E-state index contributed by atoms with van der Waals surface area (Å²) in [5.41, 5.74) is 2.29. The first-order valence-electron chi connectivity index (χ1n) is 8.27. The van der Waals surface area contributed by atoms with Gasteiger partial charge in [-0.05, 0) is 18.2 Å². The van der Waals surface area contributed by atoms with Crippen LogP contribution in [-0.2, 0) is 9.59 Å². The highest BCUT2D eigenvalue weighted by Crippen LogP contribution is 2.10. The molecule has 1 aliphatic heterocycles. The van der Waals surface area contributed by atoms with E-state index in [9.17, 15) is 9.59 Å². The molecule has 2 amide bonds. The number of aromatic nitrogens is 2. The number of fused-ring (bicyclic) bond motifs is 1. The van der Waals surface area contributed by atoms with Crippen LogP contribution in [0.4, 0.5) is 0 Å². The fraction of sp³-hybridized carbons (Fsp3) is 0.333. The minimum atomic E-state index is -0.0467. The van der Waals surface area contributed by atoms with Gasteiger partial charge in [0, 0.05) is 39.3 Å². The summed E-state index contributed by atoms with van der Waals surface area (Å²) in [6, 6.07) is 7.63. The minimum Gasteiger partial charge on any atom is -0.358 e. The van der Waals surface area contributed by atoms with Crippen LogP contribution < -0.4 is 5.32 Å². The normalized spacial score (nSPS) is 15.6. The van der Waals surface area contributed by atoms with E-state index in [2.05, 4.69) is 15.3 Å². The SMILES string of the molecule is CNC(=O)CN1CCN(C(=O)/C=C/c2cnc3ccccc3n2)CC1. The van der Waals surface area contributed by atoms with Crippen LogP contribution in [0.5, 0.6) is 0 Å². The van der Waals surface area contributed by atoms with E-state index in [-0.39, 0.29) is 11.8 Å². The Morgan fingerprint density at radius 1 is 1.16 bits per heavy atom. The van der Waals surface area contributed by atoms with E-state index in [0.717, 1.165) is 11.0 Å². The van der Waals surface area contributed by atoms with Crippen LogP contribution in [0.1, 0.15) is 5.69 Å². The Morgan fingerprint density at radius 2 is 1.88 bits per heavy atom. The second kappa shape index (κ2) is 7.85. The molecule has 7 nitrogen and oxygen atoms in total. The molecule has 2 aromatic rings. The third-order valence-electron chi connectivity index (χ3n) is 4.19. The highest BCUT2D eigenvalue weighted by atomic mass is 16.2. The van der Waals surface area contributed by atoms with Crippen molar-refractivity contribution in [2.45, 2.75) is 0 Å². The van der Waals surface area contributed by atoms with Crippen LogP contribution in [0.2, 0.25) is 0 Å². The molecule has 0 bridgehead atoms. The van der Waals surface area contributed by atoms with Gasteiger partial charge in [-0.3, -0.25) is 19.5 Å². The maximum Gasteiger partial charge on any atom is 0.246 e. The lowest BCUT2D eigenvalue weighted by atomic mass is 10.2. The lowest BCUT2D eigenvalue weighted by Gasteiger charge is -2.33. The number of hydrogen-bond acceptors (Lipinski definition) is 5. The number of carbonyl (C=O) groups excluding carboxylic acids is 2. The monoisotopic (exact) mass is 339 g/mol. The molecular formula is C18H21N5O2. The van der Waals surface area contributed by atoms with Gasteiger partial charge in [-0.25, -0.2) is 4.98 Å². The average molecular weight is 339 g/mol. The third kappa shape index (κ3) is 4.39. The van der Waals surface area contributed by atoms with Gasteiger partial charge in [0.05, 0.1) is 29.5 Å². The number of amides is 2. The van der Waals surface area contributed by atoms with Crippen molar-refractivity contribution in [1.82, 2.24) is 25.1 Å². The van der Waals surface area contributed by atoms with Gasteiger partial charge < -0.3 is 10.2 Å². The molecule has 130 valence electrons. The number of benzene rings is 1. The average Bonchev–Trinajstić information content (AvgIpc) is 2.66. The molecule has 0 atom stereocenters. The van der Waals surface area contributed by atoms with Gasteiger partial charge in [-0.15, -0.1) is 0 Å². The molecule has 1 aromatic heterocycles. The first-order valence-corrected chi connectivity index (χ1v) is 8.27. The van der Waals surface area contributed by atoms with Crippen LogP contribution in [0.3, 0.4) is 0 Å². The van der Waals surface area contributed by atoms with Crippen LogP contribution in [0.25, 0.3) is 17.1 Å². The quantitative estimate of drug-likeness (QED) is 0.823. The molecule has 2 heterocycles. The number of rotatable bonds is 4. The summed E-state index contributed by atoms with van der Waals surface area (Å²) in [6.45, 7) is 3.00. The highest BCUT2D eigenvalue weighted by molar-refractivity contribution is 5.91. The lowest BCUT2D eigenvalue weighted by Crippen LogP contribution is -2.50. The topological polar surface area (TPSA) is 78.4 Å². The first-order chi connectivity index (χ1) is 12.2. The van der Waals surface area contributed by atoms with E-state index < -0.39 is 0 Å². The van der Waals surface area contributed by atoms with Gasteiger partial charge in [0.15, 0.2) is 0 Å². The maximum absolute atomic E-state index is 12.3. The highest BCUT2D eigenvalue weighted by Gasteiger charge is 2.20. The summed E-state index contributed by atoms with van der Waals surface area (Å²) in [5, 5.41) is 2.61. The number of piperazine rings is 1. The number of nitrogens with one attached hydrogen (secondary N) is 1. The Labute approximate surface area is 146 Å². The van der Waals surface area contributed by atoms with E-state index in [1.165, 1.54) is 6.08 Å². The van der Waals surface area contributed by atoms with Crippen molar-refractivity contribution in [3.63, 3.8) is 0 Å². The predicted octanol–water partition coefficient (Wildman–Crippen LogP) is 0.533. The predicted molar refractivity (Wildman–Crippen MR) is 95.7 cm³/mol. The second-order valence-corrected chi connectivity index (χ2v) is 5.89. The molecule has 1 saturated heterocycles. The molecular weight excluding hydrogens is 318 g/mol. The number of para-hydroxylation sites is 2. The molecule has 0 unspecified atom stereocenters. The molecule has 1 N–H and O–H groups in total. The van der Waals surface area contributed by atoms with Crippen molar-refractivity contribution < 1.29 is 9.59 Å². The van der Waals surface area contributed by atoms with Crippen molar-refractivity contribution in [3.05, 3.63) is 42.2 Å². The van der Waals surface area contributed by atoms with Gasteiger partial charge >= 0.3 is 0 Å². The fourth-order valence-electron chi connectivity index (χ4n) is 2.72. The summed E-state index contributed by atoms with van der Waals surface area (Å²) in [6.07, 6.45) is 4.89. The molecule has 0 radical (unpaired) electrons. The second-order valence-electron chi connectivity index (χ2n) is 5.89. The molecule has 0 aliphatic carbocycles. The van der Waals surface area contributed by atoms with Crippen LogP contribution >= 0.6 is 0 Å². The van der Waals surface area contributed by atoms with E-state index in [1.807, 2.05) is 29.2 Å². The van der Waals surface area contributed by atoms with Gasteiger partial charge in [0.2, 0.25) is 11.8 Å². The molecule has 1 aliphatic rings. The van der Waals surface area contributed by atoms with Gasteiger partial charge in [0.1, 0.15) is 0 Å². The van der Waals surface area contributed by atoms with Gasteiger partial charge in [0.25, 0.3) is 0 Å². The van der Waals surface area contributed by atoms with Crippen LogP contribution in [0, 0.1) is 0 Å². The number of likely N-dealkylation sites (N-methyl/N-ethyl adjacent to an activating group) is 1. The smallest absolute Gasteiger partial charge is 0.246 e. The fourth-order valence-corrected chi connectivity index (χ4v) is 2.72. The standard InChI is InChI=1S/C18H21N5O2/c1-19-17(24)13-22-8-10-23(11-9-22)18(25)7-6-14-12-20-15-4-2-3-5-16(15)21-14/h2-7,12H,8-11,13H2,1H3,(H,19,24)/b7-6+. The molecule has 1 aromatic carbocycles. The number of nitrogens with zero attached hydrogens (tertiary/aromatic N) is 4. The summed E-state index contributed by atoms with van der Waals surface area (Å²) < 4.78 is 0. The van der Waals surface area contributed by atoms with Crippen LogP contribution in [-0.4, -0.2) is 71.4 Å². The summed E-state index contributed by atoms with van der Waals surface area (Å²) in [5.74, 6) is -0.0518. The molecule has 3 rings (SSSR count). The van der Waals surface area contributed by atoms with Crippen molar-refractivity contribution in [2.24, 2.45) is 0 Å². The van der Waals surface area contributed by atoms with Crippen LogP contribution in [0.15, 0.2) is 36.5 Å². The zero-order valence-corrected chi connectivity index (χ0v) is 14.2. The van der Waals surface area contributed by atoms with E-state index in [0.29, 0.717) is 38.4 Å². The Balaban J connectivity index is 1.56. The maximum atomic E-state index is 12.3. The Morgan fingerprint density at radius 3 is 2.60 bits per heavy atom. The minimum absolute atomic E-state index is 0.00505. The molecule has 25 heavy (non-hydrogen) atoms. The Kier molecular flexibility index (Phi) is 5.35. The van der Waals surface area contributed by atoms with Crippen molar-refractivity contribution in [2.75, 3.05) is 39.8 Å². The lowest BCUT2D eigenvalue weighted by molar-refractivity contribution is -0.128. The zero-order valence-electron chi connectivity index (χ0n) is 14.2. The van der Waals surface area contributed by atoms with E-state index in [4.69, 9.17) is 0 Å². The van der Waals surface area contributed by atoms with Gasteiger partial charge in [-0.2, -0.15) is 0 Å². The van der Waals surface area contributed by atoms with Gasteiger partial charge in [-0.1, -0.05) is 12.1 Å². The molecule has 0 saturated carbocycles. The van der Waals surface area contributed by atoms with E-state index in [1.54, 1.807) is 24.2 Å². The van der Waals surface area contributed by atoms with Crippen molar-refractivity contribution >= 4 is 28.9 Å². The number of carbonyl (C=O) groups is 2. The molecule has 0 spiro atoms. The number of hydrogen-bond donors (Lipinski definition) is 1. The Hall–Kier alpha value is -2.80. The largest absolute Gasteiger partial charge is 0.358 e. The van der Waals surface area contributed by atoms with Crippen molar-refractivity contribution in [1.29, 1.82) is 0 Å². The summed E-state index contributed by atoms with van der Waals surface area (Å²) >= 11 is 0. The van der Waals surface area contributed by atoms with E-state index >= 15 is 0 Å². The zero-order chi connectivity index (χ0) is 17.6. The first kappa shape index (κ1) is 17.0. The summed E-state index contributed by atoms with van der Waals surface area (Å²) in [4.78, 5) is 36.3. The molecule has 1 fully saturated rings. The molecule has 7 heteroatoms.